The molecule has 0 aromatic carbocycles. The fraction of sp³-hybridized carbons (Fsp3) is 0.714. The van der Waals surface area contributed by atoms with Crippen molar-refractivity contribution in [1.82, 2.24) is 14.9 Å². The zero-order valence-corrected chi connectivity index (χ0v) is 12.8. The van der Waals surface area contributed by atoms with E-state index in [1.807, 2.05) is 18.5 Å². The Morgan fingerprint density at radius 2 is 1.79 bits per heavy atom. The number of alkyl halides is 1. The Bertz CT molecular complexity index is 394. The van der Waals surface area contributed by atoms with Crippen LogP contribution in [-0.2, 0) is 0 Å². The summed E-state index contributed by atoms with van der Waals surface area (Å²) in [6, 6.07) is 1.87. The molecule has 19 heavy (non-hydrogen) atoms. The number of hydrogen-bond acceptors (Lipinski definition) is 4. The Morgan fingerprint density at radius 1 is 1.11 bits per heavy atom. The second-order valence-corrected chi connectivity index (χ2v) is 6.36. The van der Waals surface area contributed by atoms with Gasteiger partial charge in [0.1, 0.15) is 0 Å². The van der Waals surface area contributed by atoms with Gasteiger partial charge in [0.2, 0.25) is 5.95 Å². The summed E-state index contributed by atoms with van der Waals surface area (Å²) in [4.78, 5) is 13.6. The van der Waals surface area contributed by atoms with E-state index in [-0.39, 0.29) is 0 Å². The van der Waals surface area contributed by atoms with Gasteiger partial charge in [-0.3, -0.25) is 4.90 Å². The molecule has 1 saturated heterocycles. The van der Waals surface area contributed by atoms with E-state index in [4.69, 9.17) is 0 Å². The Labute approximate surface area is 123 Å². The summed E-state index contributed by atoms with van der Waals surface area (Å²) in [6.45, 7) is 5.60. The van der Waals surface area contributed by atoms with Crippen LogP contribution in [0.1, 0.15) is 19.3 Å². The smallest absolute Gasteiger partial charge is 0.225 e. The molecule has 3 rings (SSSR count). The predicted molar refractivity (Wildman–Crippen MR) is 80.8 cm³/mol. The van der Waals surface area contributed by atoms with E-state index in [0.29, 0.717) is 5.41 Å². The maximum absolute atomic E-state index is 4.33. The lowest BCUT2D eigenvalue weighted by molar-refractivity contribution is 0.0875. The highest BCUT2D eigenvalue weighted by Gasteiger charge is 2.38. The molecule has 0 bridgehead atoms. The quantitative estimate of drug-likeness (QED) is 0.794. The highest BCUT2D eigenvalue weighted by molar-refractivity contribution is 9.09. The minimum Gasteiger partial charge on any atom is -0.338 e. The molecule has 1 aromatic rings. The first-order valence-electron chi connectivity index (χ1n) is 7.12. The van der Waals surface area contributed by atoms with E-state index in [2.05, 4.69) is 35.7 Å². The highest BCUT2D eigenvalue weighted by atomic mass is 79.9. The third-order valence-corrected chi connectivity index (χ3v) is 5.65. The fourth-order valence-corrected chi connectivity index (χ4v) is 3.78. The van der Waals surface area contributed by atoms with Crippen LogP contribution in [0.15, 0.2) is 18.5 Å². The second kappa shape index (κ2) is 5.75. The van der Waals surface area contributed by atoms with E-state index < -0.39 is 0 Å². The van der Waals surface area contributed by atoms with Crippen LogP contribution in [0, 0.1) is 5.41 Å². The molecular formula is C14H21BrN4. The minimum absolute atomic E-state index is 0.561. The lowest BCUT2D eigenvalue weighted by Gasteiger charge is -2.46. The Morgan fingerprint density at radius 3 is 2.32 bits per heavy atom. The molecule has 104 valence electrons. The van der Waals surface area contributed by atoms with Crippen LogP contribution in [0.4, 0.5) is 5.95 Å². The minimum atomic E-state index is 0.561. The third kappa shape index (κ3) is 2.92. The van der Waals surface area contributed by atoms with Crippen LogP contribution in [0.5, 0.6) is 0 Å². The summed E-state index contributed by atoms with van der Waals surface area (Å²) in [5.74, 6) is 0.876. The highest BCUT2D eigenvalue weighted by Crippen LogP contribution is 2.43. The molecule has 0 radical (unpaired) electrons. The van der Waals surface area contributed by atoms with Crippen LogP contribution >= 0.6 is 15.9 Å². The van der Waals surface area contributed by atoms with Crippen molar-refractivity contribution >= 4 is 21.9 Å². The van der Waals surface area contributed by atoms with Crippen molar-refractivity contribution in [2.45, 2.75) is 19.3 Å². The van der Waals surface area contributed by atoms with Crippen molar-refractivity contribution in [1.29, 1.82) is 0 Å². The molecule has 0 atom stereocenters. The third-order valence-electron chi connectivity index (χ3n) is 4.46. The fourth-order valence-electron chi connectivity index (χ4n) is 3.05. The van der Waals surface area contributed by atoms with Crippen LogP contribution in [0.3, 0.4) is 0 Å². The van der Waals surface area contributed by atoms with Crippen LogP contribution in [-0.4, -0.2) is 52.9 Å². The van der Waals surface area contributed by atoms with Gasteiger partial charge in [-0.15, -0.1) is 0 Å². The first-order chi connectivity index (χ1) is 9.31. The normalized spacial score (nSPS) is 23.1. The van der Waals surface area contributed by atoms with Gasteiger partial charge in [-0.25, -0.2) is 9.97 Å². The van der Waals surface area contributed by atoms with Gasteiger partial charge in [0.25, 0.3) is 0 Å². The molecule has 1 aliphatic carbocycles. The maximum Gasteiger partial charge on any atom is 0.225 e. The summed E-state index contributed by atoms with van der Waals surface area (Å²) in [7, 11) is 0. The van der Waals surface area contributed by atoms with Crippen LogP contribution in [0.25, 0.3) is 0 Å². The number of nitrogens with zero attached hydrogens (tertiary/aromatic N) is 4. The van der Waals surface area contributed by atoms with Crippen molar-refractivity contribution in [3.63, 3.8) is 0 Å². The van der Waals surface area contributed by atoms with Crippen LogP contribution in [0.2, 0.25) is 0 Å². The molecular weight excluding hydrogens is 304 g/mol. The second-order valence-electron chi connectivity index (χ2n) is 5.80. The maximum atomic E-state index is 4.33. The van der Waals surface area contributed by atoms with Gasteiger partial charge in [0.05, 0.1) is 0 Å². The topological polar surface area (TPSA) is 32.3 Å². The predicted octanol–water partition coefficient (Wildman–Crippen LogP) is 2.16. The zero-order chi connectivity index (χ0) is 13.1. The summed E-state index contributed by atoms with van der Waals surface area (Å²) in [5.41, 5.74) is 0.561. The van der Waals surface area contributed by atoms with Crippen molar-refractivity contribution in [3.05, 3.63) is 18.5 Å². The average molecular weight is 325 g/mol. The van der Waals surface area contributed by atoms with E-state index in [1.165, 1.54) is 25.8 Å². The van der Waals surface area contributed by atoms with E-state index in [0.717, 1.165) is 37.5 Å². The van der Waals surface area contributed by atoms with Crippen LogP contribution < -0.4 is 4.90 Å². The molecule has 2 fully saturated rings. The number of piperazine rings is 1. The van der Waals surface area contributed by atoms with Gasteiger partial charge >= 0.3 is 0 Å². The lowest BCUT2D eigenvalue weighted by Crippen LogP contribution is -2.52. The summed E-state index contributed by atoms with van der Waals surface area (Å²) in [5, 5.41) is 1.15. The van der Waals surface area contributed by atoms with Crippen molar-refractivity contribution in [2.75, 3.05) is 43.0 Å². The summed E-state index contributed by atoms with van der Waals surface area (Å²) < 4.78 is 0. The van der Waals surface area contributed by atoms with Gasteiger partial charge in [-0.2, -0.15) is 0 Å². The molecule has 0 amide bonds. The molecule has 0 unspecified atom stereocenters. The molecule has 2 aliphatic rings. The summed E-state index contributed by atoms with van der Waals surface area (Å²) in [6.07, 6.45) is 7.83. The Hall–Kier alpha value is -0.680. The van der Waals surface area contributed by atoms with Gasteiger partial charge in [-0.1, -0.05) is 22.4 Å². The van der Waals surface area contributed by atoms with E-state index >= 15 is 0 Å². The first kappa shape index (κ1) is 13.3. The zero-order valence-electron chi connectivity index (χ0n) is 11.3. The molecule has 0 spiro atoms. The molecule has 1 aromatic heterocycles. The first-order valence-corrected chi connectivity index (χ1v) is 8.24. The van der Waals surface area contributed by atoms with Gasteiger partial charge < -0.3 is 4.90 Å². The van der Waals surface area contributed by atoms with Crippen molar-refractivity contribution in [3.8, 4) is 0 Å². The number of rotatable bonds is 4. The number of aromatic nitrogens is 2. The van der Waals surface area contributed by atoms with Gasteiger partial charge in [0.15, 0.2) is 0 Å². The Kier molecular flexibility index (Phi) is 4.03. The average Bonchev–Trinajstić information content (AvgIpc) is 2.45. The van der Waals surface area contributed by atoms with Crippen molar-refractivity contribution in [2.24, 2.45) is 5.41 Å². The number of halogens is 1. The van der Waals surface area contributed by atoms with E-state index in [9.17, 15) is 0 Å². The molecule has 5 heteroatoms. The van der Waals surface area contributed by atoms with E-state index in [1.54, 1.807) is 0 Å². The van der Waals surface area contributed by atoms with Gasteiger partial charge in [0, 0.05) is 50.4 Å². The molecule has 0 N–H and O–H groups in total. The summed E-state index contributed by atoms with van der Waals surface area (Å²) >= 11 is 3.70. The standard InChI is InChI=1S/C14H21BrN4/c15-11-14(3-1-4-14)12-18-7-9-19(10-8-18)13-16-5-2-6-17-13/h2,5-6H,1,3-4,7-12H2. The molecule has 4 nitrogen and oxygen atoms in total. The number of anilines is 1. The SMILES string of the molecule is BrCC1(CN2CCN(c3ncccn3)CC2)CCC1. The number of hydrogen-bond donors (Lipinski definition) is 0. The molecule has 1 aliphatic heterocycles. The van der Waals surface area contributed by atoms with Crippen molar-refractivity contribution < 1.29 is 0 Å². The largest absolute Gasteiger partial charge is 0.338 e. The molecule has 1 saturated carbocycles. The van der Waals surface area contributed by atoms with Gasteiger partial charge in [-0.05, 0) is 24.3 Å². The monoisotopic (exact) mass is 324 g/mol. The Balaban J connectivity index is 1.52. The lowest BCUT2D eigenvalue weighted by atomic mass is 9.70. The molecule has 2 heterocycles.